The number of hydrogen-bond acceptors (Lipinski definition) is 3. The minimum atomic E-state index is -0.635. The number of methoxy groups -OCH3 is 1. The summed E-state index contributed by atoms with van der Waals surface area (Å²) in [6.45, 7) is 2.03. The molecule has 0 heterocycles. The lowest BCUT2D eigenvalue weighted by atomic mass is 10.2. The second-order valence-electron chi connectivity index (χ2n) is 2.84. The van der Waals surface area contributed by atoms with E-state index in [4.69, 9.17) is 5.73 Å². The molecule has 0 aromatic heterocycles. The number of ether oxygens (including phenoxy) is 1. The monoisotopic (exact) mass is 179 g/mol. The molecule has 0 aromatic rings. The van der Waals surface area contributed by atoms with Crippen LogP contribution < -0.4 is 5.73 Å². The number of carbonyl (C=O) groups is 1. The molecule has 66 valence electrons. The van der Waals surface area contributed by atoms with Crippen molar-refractivity contribution in [1.82, 2.24) is 0 Å². The van der Waals surface area contributed by atoms with Crippen LogP contribution in [0.3, 0.4) is 0 Å². The third kappa shape index (κ3) is 1.65. The first-order valence-corrected chi connectivity index (χ1v) is 3.52. The Bertz CT molecular complexity index is 163. The van der Waals surface area contributed by atoms with Gasteiger partial charge in [-0.1, -0.05) is 13.3 Å². The summed E-state index contributed by atoms with van der Waals surface area (Å²) in [5.41, 5.74) is 5.05. The van der Waals surface area contributed by atoms with E-state index in [-0.39, 0.29) is 18.4 Å². The first-order valence-electron chi connectivity index (χ1n) is 3.52. The van der Waals surface area contributed by atoms with Crippen molar-refractivity contribution >= 4 is 18.4 Å². The predicted octanol–water partition coefficient (Wildman–Crippen LogP) is 0.709. The number of hydrogen-bond donors (Lipinski definition) is 1. The zero-order valence-electron chi connectivity index (χ0n) is 6.79. The van der Waals surface area contributed by atoms with Gasteiger partial charge in [-0.25, -0.2) is 0 Å². The van der Waals surface area contributed by atoms with Gasteiger partial charge >= 0.3 is 5.97 Å². The fraction of sp³-hybridized carbons (Fsp3) is 0.857. The van der Waals surface area contributed by atoms with Crippen LogP contribution >= 0.6 is 12.4 Å². The van der Waals surface area contributed by atoms with Crippen molar-refractivity contribution < 1.29 is 9.53 Å². The van der Waals surface area contributed by atoms with E-state index in [1.807, 2.05) is 6.92 Å². The van der Waals surface area contributed by atoms with Crippen molar-refractivity contribution in [1.29, 1.82) is 0 Å². The Morgan fingerprint density at radius 2 is 2.36 bits per heavy atom. The number of rotatable bonds is 2. The second kappa shape index (κ2) is 3.41. The summed E-state index contributed by atoms with van der Waals surface area (Å²) in [4.78, 5) is 10.9. The van der Waals surface area contributed by atoms with Gasteiger partial charge in [-0.05, 0) is 12.3 Å². The molecule has 1 saturated carbocycles. The maximum absolute atomic E-state index is 10.9. The Balaban J connectivity index is 0.000001000. The van der Waals surface area contributed by atoms with Gasteiger partial charge in [0.2, 0.25) is 0 Å². The van der Waals surface area contributed by atoms with E-state index in [0.29, 0.717) is 5.92 Å². The van der Waals surface area contributed by atoms with Crippen LogP contribution in [0, 0.1) is 5.92 Å². The molecule has 0 saturated heterocycles. The Kier molecular flexibility index (Phi) is 3.32. The van der Waals surface area contributed by atoms with Crippen LogP contribution in [-0.4, -0.2) is 18.6 Å². The molecule has 1 rings (SSSR count). The van der Waals surface area contributed by atoms with Crippen molar-refractivity contribution in [2.75, 3.05) is 7.11 Å². The molecule has 0 spiro atoms. The van der Waals surface area contributed by atoms with Gasteiger partial charge in [0, 0.05) is 0 Å². The standard InChI is InChI=1S/C7H13NO2.ClH/c1-3-5-4-7(5,8)6(9)10-2;/h5H,3-4,8H2,1-2H3;1H/t5-,7-;/m1./s1. The van der Waals surface area contributed by atoms with E-state index in [1.54, 1.807) is 0 Å². The fourth-order valence-corrected chi connectivity index (χ4v) is 1.30. The summed E-state index contributed by atoms with van der Waals surface area (Å²) < 4.78 is 4.55. The molecule has 2 atom stereocenters. The molecular weight excluding hydrogens is 166 g/mol. The Hall–Kier alpha value is -0.280. The van der Waals surface area contributed by atoms with E-state index in [2.05, 4.69) is 4.74 Å². The first-order chi connectivity index (χ1) is 4.65. The highest BCUT2D eigenvalue weighted by Gasteiger charge is 2.56. The highest BCUT2D eigenvalue weighted by atomic mass is 35.5. The van der Waals surface area contributed by atoms with E-state index in [0.717, 1.165) is 12.8 Å². The summed E-state index contributed by atoms with van der Waals surface area (Å²) in [6, 6.07) is 0. The van der Waals surface area contributed by atoms with Crippen LogP contribution in [0.1, 0.15) is 19.8 Å². The molecule has 0 aromatic carbocycles. The average molecular weight is 180 g/mol. The number of nitrogens with two attached hydrogens (primary N) is 1. The molecule has 4 heteroatoms. The second-order valence-corrected chi connectivity index (χ2v) is 2.84. The van der Waals surface area contributed by atoms with Crippen LogP contribution in [0.2, 0.25) is 0 Å². The van der Waals surface area contributed by atoms with Gasteiger partial charge in [0.25, 0.3) is 0 Å². The largest absolute Gasteiger partial charge is 0.468 e. The van der Waals surface area contributed by atoms with E-state index in [1.165, 1.54) is 7.11 Å². The quantitative estimate of drug-likeness (QED) is 0.636. The minimum absolute atomic E-state index is 0. The number of carbonyl (C=O) groups excluding carboxylic acids is 1. The van der Waals surface area contributed by atoms with E-state index >= 15 is 0 Å². The zero-order valence-corrected chi connectivity index (χ0v) is 7.61. The van der Waals surface area contributed by atoms with Gasteiger partial charge in [0.1, 0.15) is 5.54 Å². The molecule has 0 unspecified atom stereocenters. The Morgan fingerprint density at radius 1 is 1.82 bits per heavy atom. The third-order valence-corrected chi connectivity index (χ3v) is 2.21. The minimum Gasteiger partial charge on any atom is -0.468 e. The molecule has 1 aliphatic carbocycles. The predicted molar refractivity (Wildman–Crippen MR) is 44.6 cm³/mol. The molecular formula is C7H14ClNO2. The highest BCUT2D eigenvalue weighted by molar-refractivity contribution is 5.85. The van der Waals surface area contributed by atoms with Gasteiger partial charge in [-0.2, -0.15) is 0 Å². The number of esters is 1. The first kappa shape index (κ1) is 10.7. The van der Waals surface area contributed by atoms with Gasteiger partial charge in [0.05, 0.1) is 7.11 Å². The fourth-order valence-electron chi connectivity index (χ4n) is 1.30. The van der Waals surface area contributed by atoms with Crippen molar-refractivity contribution in [3.05, 3.63) is 0 Å². The van der Waals surface area contributed by atoms with Crippen molar-refractivity contribution in [2.24, 2.45) is 11.7 Å². The zero-order chi connectivity index (χ0) is 7.78. The maximum Gasteiger partial charge on any atom is 0.326 e. The van der Waals surface area contributed by atoms with Crippen LogP contribution in [-0.2, 0) is 9.53 Å². The Morgan fingerprint density at radius 3 is 2.64 bits per heavy atom. The van der Waals surface area contributed by atoms with Gasteiger partial charge in [0.15, 0.2) is 0 Å². The van der Waals surface area contributed by atoms with Gasteiger partial charge in [-0.15, -0.1) is 12.4 Å². The average Bonchev–Trinajstić information content (AvgIpc) is 2.61. The molecule has 1 aliphatic rings. The normalized spacial score (nSPS) is 33.9. The molecule has 0 aliphatic heterocycles. The lowest BCUT2D eigenvalue weighted by molar-refractivity contribution is -0.143. The molecule has 0 bridgehead atoms. The molecule has 0 radical (unpaired) electrons. The molecule has 11 heavy (non-hydrogen) atoms. The summed E-state index contributed by atoms with van der Waals surface area (Å²) in [7, 11) is 1.38. The topological polar surface area (TPSA) is 52.3 Å². The number of halogens is 1. The van der Waals surface area contributed by atoms with E-state index < -0.39 is 5.54 Å². The summed E-state index contributed by atoms with van der Waals surface area (Å²) in [5, 5.41) is 0. The summed E-state index contributed by atoms with van der Waals surface area (Å²) >= 11 is 0. The molecule has 0 amide bonds. The van der Waals surface area contributed by atoms with Crippen LogP contribution in [0.4, 0.5) is 0 Å². The summed E-state index contributed by atoms with van der Waals surface area (Å²) in [5.74, 6) is 0.0827. The smallest absolute Gasteiger partial charge is 0.326 e. The summed E-state index contributed by atoms with van der Waals surface area (Å²) in [6.07, 6.45) is 1.75. The lowest BCUT2D eigenvalue weighted by Crippen LogP contribution is -2.36. The molecule has 2 N–H and O–H groups in total. The van der Waals surface area contributed by atoms with Gasteiger partial charge in [-0.3, -0.25) is 4.79 Å². The molecule has 3 nitrogen and oxygen atoms in total. The third-order valence-electron chi connectivity index (χ3n) is 2.21. The van der Waals surface area contributed by atoms with E-state index in [9.17, 15) is 4.79 Å². The lowest BCUT2D eigenvalue weighted by Gasteiger charge is -2.06. The van der Waals surface area contributed by atoms with Crippen LogP contribution in [0.25, 0.3) is 0 Å². The Labute approximate surface area is 72.7 Å². The van der Waals surface area contributed by atoms with Crippen molar-refractivity contribution in [3.8, 4) is 0 Å². The van der Waals surface area contributed by atoms with Crippen LogP contribution in [0.5, 0.6) is 0 Å². The maximum atomic E-state index is 10.9. The van der Waals surface area contributed by atoms with Crippen molar-refractivity contribution in [3.63, 3.8) is 0 Å². The molecule has 1 fully saturated rings. The SMILES string of the molecule is CC[C@@H]1C[C@]1(N)C(=O)OC.Cl. The van der Waals surface area contributed by atoms with Crippen molar-refractivity contribution in [2.45, 2.75) is 25.3 Å². The highest BCUT2D eigenvalue weighted by Crippen LogP contribution is 2.43. The van der Waals surface area contributed by atoms with Gasteiger partial charge < -0.3 is 10.5 Å². The van der Waals surface area contributed by atoms with Crippen LogP contribution in [0.15, 0.2) is 0 Å².